The normalized spacial score (nSPS) is 14.8. The largest absolute Gasteiger partial charge is 0.372 e. The number of benzene rings is 2. The smallest absolute Gasteiger partial charge is 0.262 e. The number of hydrogen-bond acceptors (Lipinski definition) is 6. The Labute approximate surface area is 201 Å². The average Bonchev–Trinajstić information content (AvgIpc) is 3.30. The summed E-state index contributed by atoms with van der Waals surface area (Å²) in [5.74, 6) is -0.157. The number of carbonyl (C=O) groups excluding carboxylic acids is 1. The van der Waals surface area contributed by atoms with E-state index in [4.69, 9.17) is 0 Å². The van der Waals surface area contributed by atoms with Crippen LogP contribution in [0.15, 0.2) is 70.7 Å². The molecular weight excluding hydrogens is 448 g/mol. The molecule has 9 heteroatoms. The number of H-pyrrole nitrogens is 1. The van der Waals surface area contributed by atoms with E-state index in [1.165, 1.54) is 42.9 Å². The van der Waals surface area contributed by atoms with E-state index in [9.17, 15) is 9.59 Å². The van der Waals surface area contributed by atoms with Crippen molar-refractivity contribution in [1.82, 2.24) is 19.7 Å². The van der Waals surface area contributed by atoms with Gasteiger partial charge in [-0.15, -0.1) is 0 Å². The van der Waals surface area contributed by atoms with E-state index in [0.29, 0.717) is 16.2 Å². The fourth-order valence-corrected chi connectivity index (χ4v) is 4.88. The van der Waals surface area contributed by atoms with E-state index in [2.05, 4.69) is 37.4 Å². The maximum Gasteiger partial charge on any atom is 0.262 e. The molecule has 4 aromatic rings. The number of para-hydroxylation sites is 1. The van der Waals surface area contributed by atoms with Crippen molar-refractivity contribution >= 4 is 40.1 Å². The van der Waals surface area contributed by atoms with E-state index in [1.54, 1.807) is 11.6 Å². The maximum absolute atomic E-state index is 12.8. The zero-order valence-corrected chi connectivity index (χ0v) is 19.7. The van der Waals surface area contributed by atoms with Gasteiger partial charge >= 0.3 is 0 Å². The molecule has 0 aliphatic carbocycles. The number of anilines is 2. The van der Waals surface area contributed by atoms with Crippen LogP contribution in [0.2, 0.25) is 0 Å². The van der Waals surface area contributed by atoms with Crippen LogP contribution in [0.3, 0.4) is 0 Å². The second-order valence-electron chi connectivity index (χ2n) is 8.34. The molecule has 8 nitrogen and oxygen atoms in total. The Morgan fingerprint density at radius 1 is 1.03 bits per heavy atom. The molecular formula is C25H26N6O2S. The zero-order chi connectivity index (χ0) is 23.5. The number of carbonyl (C=O) groups is 1. The molecule has 174 valence electrons. The van der Waals surface area contributed by atoms with Crippen molar-refractivity contribution in [3.8, 4) is 5.69 Å². The molecule has 1 saturated heterocycles. The van der Waals surface area contributed by atoms with E-state index in [-0.39, 0.29) is 11.5 Å². The van der Waals surface area contributed by atoms with E-state index in [0.717, 1.165) is 24.5 Å². The van der Waals surface area contributed by atoms with Gasteiger partial charge in [0, 0.05) is 24.5 Å². The van der Waals surface area contributed by atoms with Gasteiger partial charge in [-0.1, -0.05) is 30.0 Å². The van der Waals surface area contributed by atoms with Crippen LogP contribution in [0.4, 0.5) is 11.4 Å². The first-order valence-electron chi connectivity index (χ1n) is 11.4. The number of fused-ring (bicyclic) bond motifs is 1. The lowest BCUT2D eigenvalue weighted by Crippen LogP contribution is -2.29. The standard InChI is InChI=1S/C25H26N6O2S/c1-17(23(32)27-18-10-12-19(13-11-18)30-14-6-3-7-15-30)34-25-28-22-21(24(33)29-25)16-26-31(22)20-8-4-2-5-9-20/h2,4-5,8-13,16-17H,3,6-7,14-15H2,1H3,(H,27,32)(H,28,29,33). The number of nitrogens with zero attached hydrogens (tertiary/aromatic N) is 4. The molecule has 1 unspecified atom stereocenters. The Morgan fingerprint density at radius 2 is 1.76 bits per heavy atom. The summed E-state index contributed by atoms with van der Waals surface area (Å²) in [4.78, 5) is 35.1. The van der Waals surface area contributed by atoms with Gasteiger partial charge in [0.05, 0.1) is 17.1 Å². The fourth-order valence-electron chi connectivity index (χ4n) is 4.08. The quantitative estimate of drug-likeness (QED) is 0.321. The minimum absolute atomic E-state index is 0.157. The van der Waals surface area contributed by atoms with Crippen molar-refractivity contribution in [2.75, 3.05) is 23.3 Å². The molecule has 5 rings (SSSR count). The molecule has 1 atom stereocenters. The van der Waals surface area contributed by atoms with Gasteiger partial charge in [-0.2, -0.15) is 5.10 Å². The zero-order valence-electron chi connectivity index (χ0n) is 18.9. The highest BCUT2D eigenvalue weighted by molar-refractivity contribution is 8.00. The summed E-state index contributed by atoms with van der Waals surface area (Å²) in [6.45, 7) is 3.96. The van der Waals surface area contributed by atoms with Gasteiger partial charge in [-0.3, -0.25) is 9.59 Å². The third kappa shape index (κ3) is 4.70. The van der Waals surface area contributed by atoms with Gasteiger partial charge < -0.3 is 15.2 Å². The van der Waals surface area contributed by atoms with Crippen LogP contribution >= 0.6 is 11.8 Å². The monoisotopic (exact) mass is 474 g/mol. The first-order chi connectivity index (χ1) is 16.6. The van der Waals surface area contributed by atoms with Crippen molar-refractivity contribution in [2.45, 2.75) is 36.6 Å². The molecule has 1 amide bonds. The number of piperidine rings is 1. The van der Waals surface area contributed by atoms with Crippen molar-refractivity contribution in [3.63, 3.8) is 0 Å². The first kappa shape index (κ1) is 22.2. The topological polar surface area (TPSA) is 95.9 Å². The van der Waals surface area contributed by atoms with Gasteiger partial charge in [0.2, 0.25) is 5.91 Å². The predicted octanol–water partition coefficient (Wildman–Crippen LogP) is 4.22. The summed E-state index contributed by atoms with van der Waals surface area (Å²) in [6.07, 6.45) is 5.25. The average molecular weight is 475 g/mol. The molecule has 2 N–H and O–H groups in total. The fraction of sp³-hybridized carbons (Fsp3) is 0.280. The molecule has 0 bridgehead atoms. The predicted molar refractivity (Wildman–Crippen MR) is 136 cm³/mol. The Kier molecular flexibility index (Phi) is 6.35. The first-order valence-corrected chi connectivity index (χ1v) is 12.3. The Hall–Kier alpha value is -3.59. The number of amides is 1. The molecule has 2 aromatic carbocycles. The summed E-state index contributed by atoms with van der Waals surface area (Å²) in [5, 5.41) is 7.59. The molecule has 3 heterocycles. The second kappa shape index (κ2) is 9.72. The van der Waals surface area contributed by atoms with E-state index >= 15 is 0 Å². The van der Waals surface area contributed by atoms with Crippen molar-refractivity contribution < 1.29 is 4.79 Å². The highest BCUT2D eigenvalue weighted by Crippen LogP contribution is 2.24. The Bertz CT molecular complexity index is 1340. The number of thioether (sulfide) groups is 1. The van der Waals surface area contributed by atoms with Crippen LogP contribution < -0.4 is 15.8 Å². The van der Waals surface area contributed by atoms with E-state index in [1.807, 2.05) is 42.5 Å². The van der Waals surface area contributed by atoms with Gasteiger partial charge in [-0.25, -0.2) is 9.67 Å². The molecule has 0 spiro atoms. The molecule has 0 radical (unpaired) electrons. The lowest BCUT2D eigenvalue weighted by Gasteiger charge is -2.28. The minimum atomic E-state index is -0.463. The van der Waals surface area contributed by atoms with Crippen molar-refractivity contribution in [2.24, 2.45) is 0 Å². The highest BCUT2D eigenvalue weighted by Gasteiger charge is 2.19. The summed E-state index contributed by atoms with van der Waals surface area (Å²) in [6, 6.07) is 17.5. The summed E-state index contributed by atoms with van der Waals surface area (Å²) < 4.78 is 1.63. The van der Waals surface area contributed by atoms with Crippen molar-refractivity contribution in [3.05, 3.63) is 71.1 Å². The molecule has 0 saturated carbocycles. The summed E-state index contributed by atoms with van der Waals surface area (Å²) in [7, 11) is 0. The SMILES string of the molecule is CC(Sc1nc2c(cnn2-c2ccccc2)c(=O)[nH]1)C(=O)Nc1ccc(N2CCCCC2)cc1. The Morgan fingerprint density at radius 3 is 2.50 bits per heavy atom. The van der Waals surface area contributed by atoms with Crippen LogP contribution in [-0.4, -0.2) is 44.0 Å². The number of rotatable bonds is 6. The van der Waals surface area contributed by atoms with Gasteiger partial charge in [-0.05, 0) is 62.6 Å². The summed E-state index contributed by atoms with van der Waals surface area (Å²) in [5.41, 5.74) is 2.92. The lowest BCUT2D eigenvalue weighted by atomic mass is 10.1. The van der Waals surface area contributed by atoms with Crippen LogP contribution in [0.1, 0.15) is 26.2 Å². The van der Waals surface area contributed by atoms with Gasteiger partial charge in [0.1, 0.15) is 5.39 Å². The molecule has 2 aromatic heterocycles. The van der Waals surface area contributed by atoms with Crippen LogP contribution in [0.25, 0.3) is 16.7 Å². The molecule has 1 aliphatic rings. The van der Waals surface area contributed by atoms with Gasteiger partial charge in [0.25, 0.3) is 5.56 Å². The number of aromatic nitrogens is 4. The maximum atomic E-state index is 12.8. The number of hydrogen-bond donors (Lipinski definition) is 2. The lowest BCUT2D eigenvalue weighted by molar-refractivity contribution is -0.115. The number of aromatic amines is 1. The van der Waals surface area contributed by atoms with Crippen molar-refractivity contribution in [1.29, 1.82) is 0 Å². The second-order valence-corrected chi connectivity index (χ2v) is 9.67. The molecule has 1 fully saturated rings. The van der Waals surface area contributed by atoms with E-state index < -0.39 is 5.25 Å². The highest BCUT2D eigenvalue weighted by atomic mass is 32.2. The third-order valence-electron chi connectivity index (χ3n) is 5.93. The third-order valence-corrected chi connectivity index (χ3v) is 6.92. The summed E-state index contributed by atoms with van der Waals surface area (Å²) >= 11 is 1.21. The Balaban J connectivity index is 1.29. The minimum Gasteiger partial charge on any atom is -0.372 e. The number of nitrogens with one attached hydrogen (secondary N) is 2. The molecule has 1 aliphatic heterocycles. The van der Waals surface area contributed by atoms with Gasteiger partial charge in [0.15, 0.2) is 10.8 Å². The molecule has 34 heavy (non-hydrogen) atoms. The van der Waals surface area contributed by atoms with Crippen LogP contribution in [-0.2, 0) is 4.79 Å². The van der Waals surface area contributed by atoms with Crippen LogP contribution in [0.5, 0.6) is 0 Å². The van der Waals surface area contributed by atoms with Crippen LogP contribution in [0, 0.1) is 0 Å².